The largest absolute Gasteiger partial charge is 0.457 e. The van der Waals surface area contributed by atoms with E-state index in [1.54, 1.807) is 0 Å². The first-order chi connectivity index (χ1) is 27.6. The van der Waals surface area contributed by atoms with E-state index in [4.69, 9.17) is 33.9 Å². The van der Waals surface area contributed by atoms with E-state index >= 15 is 0 Å². The minimum absolute atomic E-state index is 0.406. The summed E-state index contributed by atoms with van der Waals surface area (Å²) in [5.41, 5.74) is 7.50. The van der Waals surface area contributed by atoms with Crippen LogP contribution in [0, 0.1) is 0 Å². The van der Waals surface area contributed by atoms with Gasteiger partial charge in [-0.05, 0) is 6.08 Å². The summed E-state index contributed by atoms with van der Waals surface area (Å²) in [4.78, 5) is 67.1. The van der Waals surface area contributed by atoms with Crippen LogP contribution in [-0.2, 0) is 44.0 Å². The lowest BCUT2D eigenvalue weighted by molar-refractivity contribution is -0.792. The van der Waals surface area contributed by atoms with E-state index in [0.717, 1.165) is 44.4 Å². The molecular formula is C42H33N7O8+2. The Kier molecular flexibility index (Phi) is 6.12. The standard InChI is InChI=1S/C42H33N7O8/c1-18(50)54-28-13-6-10-23-32(28)27-17-26-22-9-5-14-29(55-19(2)51)33(22)39-44-37-24-11-7-16-31(57-21(4)53)35(24)41-45-38-25-12-8-15-30(56-20(3)52)34(25)40-43-36(23)47(27)42(46(26)39,48(37)41)49(38)40/h5-12,17,28-31H,13-16H2,1-4H3/q+2/t28?,29?,30?,31?,42-/m1/s1. The molecule has 0 saturated carbocycles. The molecule has 282 valence electrons. The molecule has 5 atom stereocenters. The summed E-state index contributed by atoms with van der Waals surface area (Å²) in [7, 11) is 0. The van der Waals surface area contributed by atoms with Gasteiger partial charge in [0.25, 0.3) is 23.3 Å². The Morgan fingerprint density at radius 2 is 1.11 bits per heavy atom. The maximum absolute atomic E-state index is 12.7. The van der Waals surface area contributed by atoms with Crippen LogP contribution >= 0.6 is 0 Å². The van der Waals surface area contributed by atoms with Gasteiger partial charge in [0, 0.05) is 70.1 Å². The van der Waals surface area contributed by atoms with E-state index in [9.17, 15) is 19.2 Å². The molecule has 8 heterocycles. The van der Waals surface area contributed by atoms with Crippen LogP contribution in [0.5, 0.6) is 0 Å². The zero-order valence-corrected chi connectivity index (χ0v) is 31.2. The number of fused-ring (bicyclic) bond motifs is 10. The van der Waals surface area contributed by atoms with Crippen molar-refractivity contribution < 1.29 is 47.3 Å². The van der Waals surface area contributed by atoms with Gasteiger partial charge in [0.2, 0.25) is 11.3 Å². The highest BCUT2D eigenvalue weighted by molar-refractivity contribution is 6.23. The third-order valence-corrected chi connectivity index (χ3v) is 12.1. The molecule has 4 unspecified atom stereocenters. The molecule has 0 radical (unpaired) electrons. The average molecular weight is 764 g/mol. The van der Waals surface area contributed by atoms with Crippen molar-refractivity contribution in [2.75, 3.05) is 0 Å². The molecule has 15 nitrogen and oxygen atoms in total. The highest BCUT2D eigenvalue weighted by Gasteiger charge is 2.71. The molecule has 0 aromatic carbocycles. The average Bonchev–Trinajstić information content (AvgIpc) is 3.88. The lowest BCUT2D eigenvalue weighted by Crippen LogP contribution is -2.72. The maximum Gasteiger partial charge on any atom is 0.400 e. The summed E-state index contributed by atoms with van der Waals surface area (Å²) in [5.74, 6) is -0.203. The van der Waals surface area contributed by atoms with Gasteiger partial charge in [-0.1, -0.05) is 63.6 Å². The van der Waals surface area contributed by atoms with E-state index in [0.29, 0.717) is 71.5 Å². The van der Waals surface area contributed by atoms with Crippen LogP contribution < -0.4 is 10.8 Å². The maximum atomic E-state index is 12.7. The van der Waals surface area contributed by atoms with Gasteiger partial charge in [-0.2, -0.15) is 0 Å². The Morgan fingerprint density at radius 1 is 0.614 bits per heavy atom. The number of aromatic nitrogens is 2. The van der Waals surface area contributed by atoms with Crippen LogP contribution in [0.1, 0.15) is 93.5 Å². The molecule has 0 saturated heterocycles. The summed E-state index contributed by atoms with van der Waals surface area (Å²) < 4.78 is 32.7. The predicted molar refractivity (Wildman–Crippen MR) is 201 cm³/mol. The number of hydrogen-bond acceptors (Lipinski definition) is 11. The zero-order valence-electron chi connectivity index (χ0n) is 31.2. The highest BCUT2D eigenvalue weighted by Crippen LogP contribution is 2.53. The van der Waals surface area contributed by atoms with Crippen molar-refractivity contribution >= 4 is 71.3 Å². The van der Waals surface area contributed by atoms with Crippen LogP contribution in [-0.4, -0.2) is 77.7 Å². The fourth-order valence-corrected chi connectivity index (χ4v) is 10.4. The van der Waals surface area contributed by atoms with Gasteiger partial charge in [-0.15, -0.1) is 9.15 Å². The quantitative estimate of drug-likeness (QED) is 0.262. The molecule has 2 aromatic heterocycles. The van der Waals surface area contributed by atoms with Gasteiger partial charge in [0.05, 0.1) is 38.9 Å². The second kappa shape index (κ2) is 10.7. The molecule has 2 aromatic rings. The minimum atomic E-state index is -1.39. The Balaban J connectivity index is 1.28. The first-order valence-electron chi connectivity index (χ1n) is 19.1. The van der Waals surface area contributed by atoms with E-state index < -0.39 is 54.2 Å². The van der Waals surface area contributed by atoms with Crippen LogP contribution in [0.2, 0.25) is 0 Å². The molecular weight excluding hydrogens is 731 g/mol. The van der Waals surface area contributed by atoms with Gasteiger partial charge in [-0.25, -0.2) is 9.13 Å². The van der Waals surface area contributed by atoms with E-state index in [1.807, 2.05) is 42.5 Å². The predicted octanol–water partition coefficient (Wildman–Crippen LogP) is 2.90. The first kappa shape index (κ1) is 32.5. The highest BCUT2D eigenvalue weighted by atomic mass is 16.6. The Labute approximate surface area is 323 Å². The number of rotatable bonds is 4. The Bertz CT molecular complexity index is 2950. The summed E-state index contributed by atoms with van der Waals surface area (Å²) in [6.45, 7) is 5.61. The molecule has 0 N–H and O–H groups in total. The lowest BCUT2D eigenvalue weighted by atomic mass is 9.93. The summed E-state index contributed by atoms with van der Waals surface area (Å²) in [6, 6.07) is 0. The summed E-state index contributed by atoms with van der Waals surface area (Å²) in [5, 5.41) is 0.794. The molecule has 1 spiro atoms. The SMILES string of the molecule is CC(=O)OC1CC=CC2=C1C1=Nc3c4c(c5n3[C@]36n7c(c8c(c7=NC7=[N+]3C(=NC2=[N+]16)C1=C7C=CCC1OC(C)=O)C(OC(C)=O)CC=C8)=C5)C(OC(C)=O)CC=C4. The number of nitrogens with zero attached hydrogens (tertiary/aromatic N) is 7. The van der Waals surface area contributed by atoms with Crippen LogP contribution in [0.3, 0.4) is 0 Å². The molecule has 4 aliphatic carbocycles. The van der Waals surface area contributed by atoms with Gasteiger partial charge >= 0.3 is 29.8 Å². The monoisotopic (exact) mass is 763 g/mol. The molecule has 15 heteroatoms. The van der Waals surface area contributed by atoms with Crippen LogP contribution in [0.25, 0.3) is 18.2 Å². The van der Waals surface area contributed by atoms with Gasteiger partial charge in [-0.3, -0.25) is 19.2 Å². The van der Waals surface area contributed by atoms with Crippen molar-refractivity contribution in [1.82, 2.24) is 9.13 Å². The van der Waals surface area contributed by atoms with Gasteiger partial charge in [0.15, 0.2) is 0 Å². The molecule has 6 aliphatic heterocycles. The lowest BCUT2D eigenvalue weighted by Gasteiger charge is -2.43. The molecule has 10 aliphatic rings. The van der Waals surface area contributed by atoms with E-state index in [1.165, 1.54) is 27.7 Å². The van der Waals surface area contributed by atoms with Crippen molar-refractivity contribution in [2.24, 2.45) is 15.0 Å². The Hall–Kier alpha value is -6.77. The fourth-order valence-electron chi connectivity index (χ4n) is 10.4. The normalized spacial score (nSPS) is 27.6. The molecule has 57 heavy (non-hydrogen) atoms. The first-order valence-corrected chi connectivity index (χ1v) is 19.1. The smallest absolute Gasteiger partial charge is 0.400 e. The van der Waals surface area contributed by atoms with E-state index in [2.05, 4.69) is 30.4 Å². The van der Waals surface area contributed by atoms with Crippen molar-refractivity contribution in [3.63, 3.8) is 0 Å². The second-order valence-electron chi connectivity index (χ2n) is 15.4. The Morgan fingerprint density at radius 3 is 1.70 bits per heavy atom. The third-order valence-electron chi connectivity index (χ3n) is 12.1. The van der Waals surface area contributed by atoms with Gasteiger partial charge in [0.1, 0.15) is 24.4 Å². The molecule has 0 amide bonds. The topological polar surface area (TPSA) is 158 Å². The zero-order chi connectivity index (χ0) is 38.8. The number of hydrogen-bond donors (Lipinski definition) is 0. The van der Waals surface area contributed by atoms with Gasteiger partial charge < -0.3 is 18.9 Å². The minimum Gasteiger partial charge on any atom is -0.457 e. The molecule has 0 bridgehead atoms. The molecule has 12 rings (SSSR count). The number of carbonyl (C=O) groups excluding carboxylic acids is 4. The van der Waals surface area contributed by atoms with E-state index in [-0.39, 0.29) is 0 Å². The number of amidine groups is 4. The number of esters is 4. The fraction of sp³-hybridized carbons (Fsp3) is 0.310. The number of aliphatic imine (C=N–C) groups is 2. The van der Waals surface area contributed by atoms with Crippen molar-refractivity contribution in [3.8, 4) is 0 Å². The number of ether oxygens (including phenoxy) is 4. The third kappa shape index (κ3) is 3.83. The summed E-state index contributed by atoms with van der Waals surface area (Å²) >= 11 is 0. The van der Waals surface area contributed by atoms with Crippen molar-refractivity contribution in [1.29, 1.82) is 0 Å². The number of carbonyl (C=O) groups is 4. The summed E-state index contributed by atoms with van der Waals surface area (Å²) in [6.07, 6.45) is 17.4. The van der Waals surface area contributed by atoms with Crippen LogP contribution in [0.15, 0.2) is 73.7 Å². The molecule has 0 fully saturated rings. The second-order valence-corrected chi connectivity index (χ2v) is 15.4. The van der Waals surface area contributed by atoms with Crippen molar-refractivity contribution in [2.45, 2.75) is 83.7 Å². The van der Waals surface area contributed by atoms with Crippen molar-refractivity contribution in [3.05, 3.63) is 97.5 Å². The van der Waals surface area contributed by atoms with Crippen LogP contribution in [0.4, 0.5) is 5.82 Å².